The quantitative estimate of drug-likeness (QED) is 0.619. The zero-order valence-corrected chi connectivity index (χ0v) is 9.36. The third-order valence-electron chi connectivity index (χ3n) is 1.90. The molecule has 0 fully saturated rings. The predicted molar refractivity (Wildman–Crippen MR) is 50.9 cm³/mol. The van der Waals surface area contributed by atoms with Crippen molar-refractivity contribution >= 4 is 0 Å². The summed E-state index contributed by atoms with van der Waals surface area (Å²) in [4.78, 5) is 0. The molecule has 0 aliphatic carbocycles. The van der Waals surface area contributed by atoms with Gasteiger partial charge in [0.1, 0.15) is 0 Å². The molecule has 1 unspecified atom stereocenters. The number of rotatable bonds is 1. The van der Waals surface area contributed by atoms with Crippen LogP contribution in [0.4, 0.5) is 0 Å². The molecular formula is C10H22O2. The van der Waals surface area contributed by atoms with Gasteiger partial charge >= 0.3 is 0 Å². The largest absolute Gasteiger partial charge is 0.365 e. The van der Waals surface area contributed by atoms with Crippen LogP contribution in [0.15, 0.2) is 0 Å². The van der Waals surface area contributed by atoms with Gasteiger partial charge in [0.05, 0.1) is 5.60 Å². The van der Waals surface area contributed by atoms with Crippen LogP contribution in [0, 0.1) is 5.41 Å². The minimum Gasteiger partial charge on any atom is -0.365 e. The lowest BCUT2D eigenvalue weighted by Gasteiger charge is -2.41. The van der Waals surface area contributed by atoms with E-state index in [-0.39, 0.29) is 11.0 Å². The Hall–Kier alpha value is -0.0800. The minimum absolute atomic E-state index is 0.264. The van der Waals surface area contributed by atoms with Crippen molar-refractivity contribution in [1.82, 2.24) is 0 Å². The summed E-state index contributed by atoms with van der Waals surface area (Å²) in [5, 5.41) is 9.96. The summed E-state index contributed by atoms with van der Waals surface area (Å²) in [6, 6.07) is 0. The Balaban J connectivity index is 4.44. The number of aliphatic hydroxyl groups is 1. The molecule has 2 heteroatoms. The van der Waals surface area contributed by atoms with Crippen molar-refractivity contribution in [2.24, 2.45) is 5.41 Å². The molecule has 0 saturated heterocycles. The van der Waals surface area contributed by atoms with Crippen molar-refractivity contribution in [3.8, 4) is 0 Å². The second-order valence-electron chi connectivity index (χ2n) is 5.45. The summed E-state index contributed by atoms with van der Waals surface area (Å²) >= 11 is 0. The van der Waals surface area contributed by atoms with Crippen LogP contribution >= 0.6 is 0 Å². The molecular weight excluding hydrogens is 152 g/mol. The summed E-state index contributed by atoms with van der Waals surface area (Å²) < 4.78 is 5.55. The SMILES string of the molecule is CC(C)(C)OC(C)(O)C(C)(C)C. The van der Waals surface area contributed by atoms with Crippen LogP contribution in [0.25, 0.3) is 0 Å². The molecule has 1 atom stereocenters. The van der Waals surface area contributed by atoms with E-state index in [1.54, 1.807) is 6.92 Å². The van der Waals surface area contributed by atoms with Crippen molar-refractivity contribution in [2.75, 3.05) is 0 Å². The van der Waals surface area contributed by atoms with Crippen LogP contribution in [0.2, 0.25) is 0 Å². The van der Waals surface area contributed by atoms with E-state index in [1.807, 2.05) is 41.5 Å². The second kappa shape index (κ2) is 3.00. The fourth-order valence-electron chi connectivity index (χ4n) is 0.749. The molecule has 0 heterocycles. The summed E-state index contributed by atoms with van der Waals surface area (Å²) in [6.07, 6.45) is 0. The normalized spacial score (nSPS) is 19.0. The van der Waals surface area contributed by atoms with Crippen molar-refractivity contribution in [3.63, 3.8) is 0 Å². The standard InChI is InChI=1S/C10H22O2/c1-8(2,3)10(7,11)12-9(4,5)6/h11H,1-7H3. The van der Waals surface area contributed by atoms with Gasteiger partial charge in [0, 0.05) is 5.41 Å². The summed E-state index contributed by atoms with van der Waals surface area (Å²) in [7, 11) is 0. The Labute approximate surface area is 75.9 Å². The maximum atomic E-state index is 9.96. The van der Waals surface area contributed by atoms with Crippen molar-refractivity contribution in [3.05, 3.63) is 0 Å². The maximum Gasteiger partial charge on any atom is 0.168 e. The minimum atomic E-state index is -1.08. The van der Waals surface area contributed by atoms with E-state index in [4.69, 9.17) is 4.74 Å². The molecule has 0 bridgehead atoms. The average Bonchev–Trinajstić information content (AvgIpc) is 1.52. The van der Waals surface area contributed by atoms with E-state index in [0.29, 0.717) is 0 Å². The van der Waals surface area contributed by atoms with Gasteiger partial charge in [-0.2, -0.15) is 0 Å². The summed E-state index contributed by atoms with van der Waals surface area (Å²) in [5.74, 6) is -1.08. The molecule has 2 nitrogen and oxygen atoms in total. The zero-order valence-electron chi connectivity index (χ0n) is 9.36. The Morgan fingerprint density at radius 3 is 1.25 bits per heavy atom. The highest BCUT2D eigenvalue weighted by molar-refractivity contribution is 4.80. The number of hydrogen-bond donors (Lipinski definition) is 1. The van der Waals surface area contributed by atoms with Gasteiger partial charge < -0.3 is 9.84 Å². The Morgan fingerprint density at radius 2 is 1.17 bits per heavy atom. The molecule has 12 heavy (non-hydrogen) atoms. The molecule has 74 valence electrons. The molecule has 0 aliphatic rings. The van der Waals surface area contributed by atoms with Gasteiger partial charge in [0.25, 0.3) is 0 Å². The topological polar surface area (TPSA) is 29.5 Å². The molecule has 0 aromatic carbocycles. The van der Waals surface area contributed by atoms with Crippen molar-refractivity contribution < 1.29 is 9.84 Å². The van der Waals surface area contributed by atoms with Gasteiger partial charge in [-0.3, -0.25) is 0 Å². The van der Waals surface area contributed by atoms with E-state index in [2.05, 4.69) is 0 Å². The monoisotopic (exact) mass is 174 g/mol. The van der Waals surface area contributed by atoms with Gasteiger partial charge in [0.2, 0.25) is 0 Å². The summed E-state index contributed by atoms with van der Waals surface area (Å²) in [5.41, 5.74) is -0.572. The maximum absolute atomic E-state index is 9.96. The lowest BCUT2D eigenvalue weighted by molar-refractivity contribution is -0.289. The van der Waals surface area contributed by atoms with Crippen molar-refractivity contribution in [1.29, 1.82) is 0 Å². The van der Waals surface area contributed by atoms with Gasteiger partial charge in [-0.25, -0.2) is 0 Å². The van der Waals surface area contributed by atoms with Gasteiger partial charge in [-0.1, -0.05) is 20.8 Å². The smallest absolute Gasteiger partial charge is 0.168 e. The Bertz CT molecular complexity index is 146. The summed E-state index contributed by atoms with van der Waals surface area (Å²) in [6.45, 7) is 13.4. The molecule has 0 saturated carbocycles. The molecule has 0 aromatic heterocycles. The average molecular weight is 174 g/mol. The first-order valence-electron chi connectivity index (χ1n) is 4.38. The molecule has 0 aliphatic heterocycles. The van der Waals surface area contributed by atoms with Crippen LogP contribution < -0.4 is 0 Å². The predicted octanol–water partition coefficient (Wildman–Crippen LogP) is 2.56. The van der Waals surface area contributed by atoms with E-state index in [9.17, 15) is 5.11 Å². The van der Waals surface area contributed by atoms with Crippen LogP contribution in [0.3, 0.4) is 0 Å². The highest BCUT2D eigenvalue weighted by Crippen LogP contribution is 2.34. The Kier molecular flexibility index (Phi) is 2.98. The van der Waals surface area contributed by atoms with Crippen molar-refractivity contribution in [2.45, 2.75) is 59.9 Å². The fourth-order valence-corrected chi connectivity index (χ4v) is 0.749. The third-order valence-corrected chi connectivity index (χ3v) is 1.90. The third kappa shape index (κ3) is 3.55. The van der Waals surface area contributed by atoms with Gasteiger partial charge in [-0.05, 0) is 27.7 Å². The van der Waals surface area contributed by atoms with Crippen LogP contribution in [-0.2, 0) is 4.74 Å². The van der Waals surface area contributed by atoms with Gasteiger partial charge in [0.15, 0.2) is 5.79 Å². The first-order chi connectivity index (χ1) is 4.96. The van der Waals surface area contributed by atoms with Crippen LogP contribution in [0.5, 0.6) is 0 Å². The van der Waals surface area contributed by atoms with E-state index >= 15 is 0 Å². The first-order valence-corrected chi connectivity index (χ1v) is 4.38. The molecule has 0 radical (unpaired) electrons. The molecule has 1 N–H and O–H groups in total. The fraction of sp³-hybridized carbons (Fsp3) is 1.00. The van der Waals surface area contributed by atoms with Gasteiger partial charge in [-0.15, -0.1) is 0 Å². The van der Waals surface area contributed by atoms with Crippen LogP contribution in [0.1, 0.15) is 48.5 Å². The highest BCUT2D eigenvalue weighted by atomic mass is 16.6. The molecule has 0 amide bonds. The molecule has 0 spiro atoms. The molecule has 0 aromatic rings. The lowest BCUT2D eigenvalue weighted by atomic mass is 9.86. The van der Waals surface area contributed by atoms with E-state index in [0.717, 1.165) is 0 Å². The lowest BCUT2D eigenvalue weighted by Crippen LogP contribution is -2.47. The van der Waals surface area contributed by atoms with Crippen LogP contribution in [-0.4, -0.2) is 16.5 Å². The highest BCUT2D eigenvalue weighted by Gasteiger charge is 2.39. The number of ether oxygens (including phenoxy) is 1. The van der Waals surface area contributed by atoms with E-state index < -0.39 is 5.79 Å². The Morgan fingerprint density at radius 1 is 0.833 bits per heavy atom. The zero-order chi connectivity index (χ0) is 10.2. The molecule has 0 rings (SSSR count). The second-order valence-corrected chi connectivity index (χ2v) is 5.45. The number of hydrogen-bond acceptors (Lipinski definition) is 2. The first kappa shape index (κ1) is 11.9. The van der Waals surface area contributed by atoms with E-state index in [1.165, 1.54) is 0 Å².